The summed E-state index contributed by atoms with van der Waals surface area (Å²) in [5.41, 5.74) is 6.26. The summed E-state index contributed by atoms with van der Waals surface area (Å²) in [5, 5.41) is 4.58. The maximum Gasteiger partial charge on any atom is 0.236 e. The Labute approximate surface area is 109 Å². The highest BCUT2D eigenvalue weighted by Crippen LogP contribution is 2.21. The van der Waals surface area contributed by atoms with Gasteiger partial charge in [-0.15, -0.1) is 0 Å². The van der Waals surface area contributed by atoms with Gasteiger partial charge in [0.05, 0.1) is 5.75 Å². The van der Waals surface area contributed by atoms with Crippen LogP contribution in [0.15, 0.2) is 28.8 Å². The van der Waals surface area contributed by atoms with Crippen LogP contribution < -0.4 is 5.73 Å². The summed E-state index contributed by atoms with van der Waals surface area (Å²) in [7, 11) is 0. The molecule has 0 fully saturated rings. The molecule has 0 aliphatic carbocycles. The Kier molecular flexibility index (Phi) is 4.42. The Hall–Kier alpha value is -1.04. The third-order valence-electron chi connectivity index (χ3n) is 2.04. The van der Waals surface area contributed by atoms with Crippen LogP contribution in [-0.2, 0) is 5.75 Å². The number of nitrogens with two attached hydrogens (primary N) is 1. The van der Waals surface area contributed by atoms with Crippen molar-refractivity contribution in [3.05, 3.63) is 35.2 Å². The van der Waals surface area contributed by atoms with Gasteiger partial charge in [0.2, 0.25) is 11.7 Å². The van der Waals surface area contributed by atoms with Gasteiger partial charge in [0.15, 0.2) is 0 Å². The van der Waals surface area contributed by atoms with E-state index in [9.17, 15) is 0 Å². The van der Waals surface area contributed by atoms with Crippen LogP contribution in [0, 0.1) is 0 Å². The van der Waals surface area contributed by atoms with Gasteiger partial charge in [-0.1, -0.05) is 28.9 Å². The van der Waals surface area contributed by atoms with Crippen molar-refractivity contribution in [3.63, 3.8) is 0 Å². The van der Waals surface area contributed by atoms with Gasteiger partial charge in [-0.25, -0.2) is 0 Å². The number of nitrogens with zero attached hydrogens (tertiary/aromatic N) is 2. The lowest BCUT2D eigenvalue weighted by Crippen LogP contribution is -2.01. The van der Waals surface area contributed by atoms with E-state index < -0.39 is 0 Å². The van der Waals surface area contributed by atoms with Crippen LogP contribution in [-0.4, -0.2) is 22.4 Å². The third-order valence-corrected chi connectivity index (χ3v) is 3.25. The summed E-state index contributed by atoms with van der Waals surface area (Å²) < 4.78 is 5.14. The minimum absolute atomic E-state index is 0.566. The second-order valence-electron chi connectivity index (χ2n) is 3.36. The first-order valence-corrected chi connectivity index (χ1v) is 6.69. The van der Waals surface area contributed by atoms with E-state index in [-0.39, 0.29) is 0 Å². The second kappa shape index (κ2) is 6.05. The molecule has 1 aromatic carbocycles. The highest BCUT2D eigenvalue weighted by molar-refractivity contribution is 7.98. The van der Waals surface area contributed by atoms with E-state index in [1.807, 2.05) is 24.3 Å². The standard InChI is InChI=1S/C11H12ClN3OS/c12-9-3-1-2-8(6-9)11-14-10(16-15-11)7-17-5-4-13/h1-3,6H,4-5,7,13H2. The summed E-state index contributed by atoms with van der Waals surface area (Å²) >= 11 is 7.57. The SMILES string of the molecule is NCCSCc1nc(-c2cccc(Cl)c2)no1. The van der Waals surface area contributed by atoms with Gasteiger partial charge in [-0.3, -0.25) is 0 Å². The van der Waals surface area contributed by atoms with Gasteiger partial charge in [-0.05, 0) is 12.1 Å². The van der Waals surface area contributed by atoms with Crippen molar-refractivity contribution in [3.8, 4) is 11.4 Å². The second-order valence-corrected chi connectivity index (χ2v) is 4.90. The summed E-state index contributed by atoms with van der Waals surface area (Å²) in [6.07, 6.45) is 0. The summed E-state index contributed by atoms with van der Waals surface area (Å²) in [4.78, 5) is 4.30. The number of halogens is 1. The first kappa shape index (κ1) is 12.4. The number of rotatable bonds is 5. The van der Waals surface area contributed by atoms with Crippen molar-refractivity contribution in [1.29, 1.82) is 0 Å². The van der Waals surface area contributed by atoms with Gasteiger partial charge >= 0.3 is 0 Å². The Bertz CT molecular complexity index is 489. The van der Waals surface area contributed by atoms with E-state index in [0.29, 0.717) is 29.0 Å². The maximum absolute atomic E-state index is 5.90. The average Bonchev–Trinajstić information content (AvgIpc) is 2.78. The molecule has 0 aliphatic rings. The van der Waals surface area contributed by atoms with Gasteiger partial charge in [-0.2, -0.15) is 16.7 Å². The van der Waals surface area contributed by atoms with Gasteiger partial charge in [0, 0.05) is 22.9 Å². The molecule has 2 N–H and O–H groups in total. The number of aromatic nitrogens is 2. The molecule has 0 unspecified atom stereocenters. The fourth-order valence-electron chi connectivity index (χ4n) is 1.30. The molecule has 0 radical (unpaired) electrons. The Balaban J connectivity index is 2.07. The molecule has 17 heavy (non-hydrogen) atoms. The zero-order valence-corrected chi connectivity index (χ0v) is 10.7. The van der Waals surface area contributed by atoms with Crippen LogP contribution in [0.1, 0.15) is 5.89 Å². The highest BCUT2D eigenvalue weighted by Gasteiger charge is 2.08. The first-order valence-electron chi connectivity index (χ1n) is 5.16. The maximum atomic E-state index is 5.90. The van der Waals surface area contributed by atoms with E-state index in [1.165, 1.54) is 0 Å². The van der Waals surface area contributed by atoms with Crippen LogP contribution >= 0.6 is 23.4 Å². The molecule has 2 aromatic rings. The summed E-state index contributed by atoms with van der Waals surface area (Å²) in [6, 6.07) is 7.37. The normalized spacial score (nSPS) is 10.7. The zero-order valence-electron chi connectivity index (χ0n) is 9.10. The smallest absolute Gasteiger partial charge is 0.236 e. The van der Waals surface area contributed by atoms with Crippen molar-refractivity contribution in [2.75, 3.05) is 12.3 Å². The lowest BCUT2D eigenvalue weighted by atomic mass is 10.2. The van der Waals surface area contributed by atoms with Crippen molar-refractivity contribution in [1.82, 2.24) is 10.1 Å². The average molecular weight is 270 g/mol. The molecule has 0 atom stereocenters. The number of benzene rings is 1. The molecule has 0 saturated carbocycles. The highest BCUT2D eigenvalue weighted by atomic mass is 35.5. The van der Waals surface area contributed by atoms with Crippen molar-refractivity contribution < 1.29 is 4.52 Å². The van der Waals surface area contributed by atoms with E-state index in [0.717, 1.165) is 11.3 Å². The van der Waals surface area contributed by atoms with E-state index in [2.05, 4.69) is 10.1 Å². The monoisotopic (exact) mass is 269 g/mol. The Morgan fingerprint density at radius 3 is 3.06 bits per heavy atom. The van der Waals surface area contributed by atoms with Crippen LogP contribution in [0.5, 0.6) is 0 Å². The minimum atomic E-state index is 0.566. The quantitative estimate of drug-likeness (QED) is 0.845. The predicted molar refractivity (Wildman–Crippen MR) is 70.0 cm³/mol. The molecule has 0 spiro atoms. The summed E-state index contributed by atoms with van der Waals surface area (Å²) in [5.74, 6) is 2.74. The molecule has 0 saturated heterocycles. The third kappa shape index (κ3) is 3.46. The molecule has 0 amide bonds. The van der Waals surface area contributed by atoms with Crippen LogP contribution in [0.4, 0.5) is 0 Å². The van der Waals surface area contributed by atoms with Crippen LogP contribution in [0.3, 0.4) is 0 Å². The van der Waals surface area contributed by atoms with Crippen LogP contribution in [0.2, 0.25) is 5.02 Å². The van der Waals surface area contributed by atoms with Crippen molar-refractivity contribution in [2.24, 2.45) is 5.73 Å². The van der Waals surface area contributed by atoms with E-state index >= 15 is 0 Å². The minimum Gasteiger partial charge on any atom is -0.338 e. The lowest BCUT2D eigenvalue weighted by Gasteiger charge is -1.94. The molecule has 1 heterocycles. The molecular formula is C11H12ClN3OS. The molecule has 1 aromatic heterocycles. The van der Waals surface area contributed by atoms with E-state index in [1.54, 1.807) is 11.8 Å². The summed E-state index contributed by atoms with van der Waals surface area (Å²) in [6.45, 7) is 0.653. The topological polar surface area (TPSA) is 64.9 Å². The number of hydrogen-bond donors (Lipinski definition) is 1. The fourth-order valence-corrected chi connectivity index (χ4v) is 2.09. The van der Waals surface area contributed by atoms with Gasteiger partial charge in [0.25, 0.3) is 0 Å². The van der Waals surface area contributed by atoms with E-state index in [4.69, 9.17) is 21.9 Å². The molecule has 6 heteroatoms. The molecule has 90 valence electrons. The Morgan fingerprint density at radius 1 is 1.41 bits per heavy atom. The van der Waals surface area contributed by atoms with Gasteiger partial charge in [0.1, 0.15) is 0 Å². The number of hydrogen-bond acceptors (Lipinski definition) is 5. The van der Waals surface area contributed by atoms with Crippen molar-refractivity contribution >= 4 is 23.4 Å². The fraction of sp³-hybridized carbons (Fsp3) is 0.273. The number of thioether (sulfide) groups is 1. The zero-order chi connectivity index (χ0) is 12.1. The largest absolute Gasteiger partial charge is 0.338 e. The predicted octanol–water partition coefficient (Wildman–Crippen LogP) is 2.58. The molecule has 4 nitrogen and oxygen atoms in total. The molecule has 0 aliphatic heterocycles. The van der Waals surface area contributed by atoms with Crippen molar-refractivity contribution in [2.45, 2.75) is 5.75 Å². The van der Waals surface area contributed by atoms with Gasteiger partial charge < -0.3 is 10.3 Å². The molecule has 2 rings (SSSR count). The molecule has 0 bridgehead atoms. The first-order chi connectivity index (χ1) is 8.29. The van der Waals surface area contributed by atoms with Crippen LogP contribution in [0.25, 0.3) is 11.4 Å². The molecular weight excluding hydrogens is 258 g/mol. The Morgan fingerprint density at radius 2 is 2.29 bits per heavy atom. The lowest BCUT2D eigenvalue weighted by molar-refractivity contribution is 0.391.